The Bertz CT molecular complexity index is 215. The Morgan fingerprint density at radius 2 is 2.00 bits per heavy atom. The molecule has 0 aromatic carbocycles. The zero-order chi connectivity index (χ0) is 10.0. The van der Waals surface area contributed by atoms with E-state index in [0.717, 1.165) is 32.4 Å². The van der Waals surface area contributed by atoms with E-state index in [4.69, 9.17) is 5.73 Å². The maximum Gasteiger partial charge on any atom is 0.223 e. The smallest absolute Gasteiger partial charge is 0.223 e. The van der Waals surface area contributed by atoms with E-state index in [0.29, 0.717) is 5.92 Å². The van der Waals surface area contributed by atoms with Crippen molar-refractivity contribution >= 4 is 5.91 Å². The third kappa shape index (κ3) is 1.54. The molecule has 0 aromatic rings. The number of hydrogen-bond donors (Lipinski definition) is 2. The Hall–Kier alpha value is -0.570. The summed E-state index contributed by atoms with van der Waals surface area (Å²) in [6.45, 7) is 2.04. The van der Waals surface area contributed by atoms with Gasteiger partial charge < -0.3 is 11.1 Å². The molecule has 0 aromatic heterocycles. The molecule has 0 radical (unpaired) electrons. The van der Waals surface area contributed by atoms with Crippen molar-refractivity contribution in [3.05, 3.63) is 0 Å². The largest absolute Gasteiger partial charge is 0.369 e. The van der Waals surface area contributed by atoms with Crippen molar-refractivity contribution in [3.8, 4) is 0 Å². The quantitative estimate of drug-likeness (QED) is 0.693. The molecule has 2 rings (SSSR count). The van der Waals surface area contributed by atoms with E-state index in [-0.39, 0.29) is 11.3 Å². The molecule has 1 amide bonds. The van der Waals surface area contributed by atoms with Crippen LogP contribution in [0, 0.1) is 11.3 Å². The molecule has 2 aliphatic rings. The molecule has 2 fully saturated rings. The summed E-state index contributed by atoms with van der Waals surface area (Å²) in [6, 6.07) is 0. The van der Waals surface area contributed by atoms with Gasteiger partial charge in [0.2, 0.25) is 5.91 Å². The van der Waals surface area contributed by atoms with E-state index in [1.807, 2.05) is 0 Å². The molecule has 1 saturated carbocycles. The molecule has 14 heavy (non-hydrogen) atoms. The van der Waals surface area contributed by atoms with E-state index >= 15 is 0 Å². The predicted molar refractivity (Wildman–Crippen MR) is 55.7 cm³/mol. The molecule has 1 saturated heterocycles. The van der Waals surface area contributed by atoms with Crippen LogP contribution in [0.15, 0.2) is 0 Å². The van der Waals surface area contributed by atoms with Crippen LogP contribution >= 0.6 is 0 Å². The number of carbonyl (C=O) groups excluding carboxylic acids is 1. The van der Waals surface area contributed by atoms with Crippen LogP contribution in [0.5, 0.6) is 0 Å². The van der Waals surface area contributed by atoms with Gasteiger partial charge >= 0.3 is 0 Å². The summed E-state index contributed by atoms with van der Waals surface area (Å²) in [5, 5.41) is 3.34. The van der Waals surface area contributed by atoms with Gasteiger partial charge in [0.15, 0.2) is 0 Å². The summed E-state index contributed by atoms with van der Waals surface area (Å²) >= 11 is 0. The van der Waals surface area contributed by atoms with Gasteiger partial charge in [0.25, 0.3) is 0 Å². The van der Waals surface area contributed by atoms with Crippen molar-refractivity contribution in [2.75, 3.05) is 13.1 Å². The molecule has 1 heterocycles. The summed E-state index contributed by atoms with van der Waals surface area (Å²) < 4.78 is 0. The lowest BCUT2D eigenvalue weighted by Crippen LogP contribution is -2.45. The normalized spacial score (nSPS) is 31.6. The van der Waals surface area contributed by atoms with Crippen molar-refractivity contribution < 1.29 is 4.79 Å². The highest BCUT2D eigenvalue weighted by molar-refractivity contribution is 5.81. The number of carbonyl (C=O) groups is 1. The molecule has 1 aliphatic carbocycles. The van der Waals surface area contributed by atoms with Gasteiger partial charge in [-0.3, -0.25) is 4.79 Å². The molecule has 0 spiro atoms. The highest BCUT2D eigenvalue weighted by atomic mass is 16.1. The summed E-state index contributed by atoms with van der Waals surface area (Å²) in [6.07, 6.45) is 6.81. The van der Waals surface area contributed by atoms with Crippen LogP contribution in [0.25, 0.3) is 0 Å². The van der Waals surface area contributed by atoms with E-state index in [1.54, 1.807) is 0 Å². The molecule has 3 heteroatoms. The van der Waals surface area contributed by atoms with E-state index in [1.165, 1.54) is 19.3 Å². The van der Waals surface area contributed by atoms with Gasteiger partial charge in [0.1, 0.15) is 0 Å². The lowest BCUT2D eigenvalue weighted by Gasteiger charge is -2.39. The second-order valence-corrected chi connectivity index (χ2v) is 4.77. The first-order valence-electron chi connectivity index (χ1n) is 5.76. The number of amides is 1. The molecule has 3 N–H and O–H groups in total. The monoisotopic (exact) mass is 196 g/mol. The molecule has 0 bridgehead atoms. The number of primary amides is 1. The Labute approximate surface area is 85.4 Å². The minimum Gasteiger partial charge on any atom is -0.369 e. The predicted octanol–water partition coefficient (Wildman–Crippen LogP) is 1.03. The molecule has 3 nitrogen and oxygen atoms in total. The Kier molecular flexibility index (Phi) is 2.77. The van der Waals surface area contributed by atoms with Crippen molar-refractivity contribution in [2.45, 2.75) is 38.5 Å². The highest BCUT2D eigenvalue weighted by Crippen LogP contribution is 2.44. The lowest BCUT2D eigenvalue weighted by atomic mass is 9.65. The van der Waals surface area contributed by atoms with Crippen LogP contribution in [0.4, 0.5) is 0 Å². The summed E-state index contributed by atoms with van der Waals surface area (Å²) in [7, 11) is 0. The van der Waals surface area contributed by atoms with Gasteiger partial charge in [-0.05, 0) is 38.3 Å². The van der Waals surface area contributed by atoms with Gasteiger partial charge in [0, 0.05) is 0 Å². The number of nitrogens with two attached hydrogens (primary N) is 1. The molecule has 1 unspecified atom stereocenters. The average Bonchev–Trinajstić information content (AvgIpc) is 2.72. The van der Waals surface area contributed by atoms with Gasteiger partial charge in [-0.2, -0.15) is 0 Å². The van der Waals surface area contributed by atoms with Crippen molar-refractivity contribution in [2.24, 2.45) is 17.1 Å². The van der Waals surface area contributed by atoms with Crippen molar-refractivity contribution in [1.82, 2.24) is 5.32 Å². The van der Waals surface area contributed by atoms with Gasteiger partial charge in [-0.1, -0.05) is 19.3 Å². The number of nitrogens with one attached hydrogen (secondary N) is 1. The SMILES string of the molecule is NC(=O)C1(C2CCNC2)CCCCC1. The number of rotatable bonds is 2. The third-order valence-electron chi connectivity index (χ3n) is 4.08. The highest BCUT2D eigenvalue weighted by Gasteiger charge is 2.45. The van der Waals surface area contributed by atoms with Crippen molar-refractivity contribution in [3.63, 3.8) is 0 Å². The summed E-state index contributed by atoms with van der Waals surface area (Å²) in [4.78, 5) is 11.7. The van der Waals surface area contributed by atoms with E-state index < -0.39 is 0 Å². The van der Waals surface area contributed by atoms with Gasteiger partial charge in [-0.15, -0.1) is 0 Å². The second kappa shape index (κ2) is 3.89. The maximum absolute atomic E-state index is 11.7. The first-order valence-corrected chi connectivity index (χ1v) is 5.76. The first kappa shape index (κ1) is 9.97. The maximum atomic E-state index is 11.7. The fourth-order valence-corrected chi connectivity index (χ4v) is 3.16. The van der Waals surface area contributed by atoms with Crippen LogP contribution in [-0.4, -0.2) is 19.0 Å². The van der Waals surface area contributed by atoms with Crippen LogP contribution in [0.3, 0.4) is 0 Å². The van der Waals surface area contributed by atoms with Crippen molar-refractivity contribution in [1.29, 1.82) is 0 Å². The van der Waals surface area contributed by atoms with Gasteiger partial charge in [-0.25, -0.2) is 0 Å². The van der Waals surface area contributed by atoms with E-state index in [2.05, 4.69) is 5.32 Å². The van der Waals surface area contributed by atoms with Gasteiger partial charge in [0.05, 0.1) is 5.41 Å². The Morgan fingerprint density at radius 1 is 1.29 bits per heavy atom. The zero-order valence-electron chi connectivity index (χ0n) is 8.72. The molecular weight excluding hydrogens is 176 g/mol. The standard InChI is InChI=1S/C11H20N2O/c12-10(14)11(5-2-1-3-6-11)9-4-7-13-8-9/h9,13H,1-8H2,(H2,12,14). The Balaban J connectivity index is 2.15. The minimum atomic E-state index is -0.165. The third-order valence-corrected chi connectivity index (χ3v) is 4.08. The van der Waals surface area contributed by atoms with Crippen LogP contribution < -0.4 is 11.1 Å². The molecular formula is C11H20N2O. The average molecular weight is 196 g/mol. The second-order valence-electron chi connectivity index (χ2n) is 4.77. The topological polar surface area (TPSA) is 55.1 Å². The lowest BCUT2D eigenvalue weighted by molar-refractivity contribution is -0.132. The Morgan fingerprint density at radius 3 is 2.50 bits per heavy atom. The van der Waals surface area contributed by atoms with Crippen LogP contribution in [0.2, 0.25) is 0 Å². The van der Waals surface area contributed by atoms with E-state index in [9.17, 15) is 4.79 Å². The number of hydrogen-bond acceptors (Lipinski definition) is 2. The van der Waals surface area contributed by atoms with Crippen LogP contribution in [0.1, 0.15) is 38.5 Å². The molecule has 1 aliphatic heterocycles. The zero-order valence-corrected chi connectivity index (χ0v) is 8.72. The molecule has 1 atom stereocenters. The fraction of sp³-hybridized carbons (Fsp3) is 0.909. The summed E-state index contributed by atoms with van der Waals surface area (Å²) in [5.74, 6) is 0.450. The minimum absolute atomic E-state index is 0.0501. The summed E-state index contributed by atoms with van der Waals surface area (Å²) in [5.41, 5.74) is 5.45. The molecule has 80 valence electrons. The van der Waals surface area contributed by atoms with Crippen LogP contribution in [-0.2, 0) is 4.79 Å². The fourth-order valence-electron chi connectivity index (χ4n) is 3.16. The first-order chi connectivity index (χ1) is 6.76.